The van der Waals surface area contributed by atoms with E-state index in [-0.39, 0.29) is 10.6 Å². The molecule has 0 saturated carbocycles. The minimum Gasteiger partial charge on any atom is -0.394 e. The first-order chi connectivity index (χ1) is 11.3. The number of benzene rings is 2. The van der Waals surface area contributed by atoms with E-state index in [1.54, 1.807) is 6.07 Å². The molecule has 24 heavy (non-hydrogen) atoms. The van der Waals surface area contributed by atoms with Crippen LogP contribution in [0.3, 0.4) is 0 Å². The molecule has 0 radical (unpaired) electrons. The number of nitrogens with one attached hydrogen (secondary N) is 2. The molecule has 0 aliphatic heterocycles. The molecular formula is C16H17FN2O4S. The highest BCUT2D eigenvalue weighted by molar-refractivity contribution is 7.90. The van der Waals surface area contributed by atoms with Crippen molar-refractivity contribution in [3.05, 3.63) is 59.9 Å². The lowest BCUT2D eigenvalue weighted by molar-refractivity contribution is 0.225. The van der Waals surface area contributed by atoms with Crippen molar-refractivity contribution in [2.45, 2.75) is 10.9 Å². The lowest BCUT2D eigenvalue weighted by atomic mass is 10.1. The van der Waals surface area contributed by atoms with Gasteiger partial charge in [-0.15, -0.1) is 0 Å². The summed E-state index contributed by atoms with van der Waals surface area (Å²) in [6.07, 6.45) is 1.07. The summed E-state index contributed by atoms with van der Waals surface area (Å²) >= 11 is 0. The van der Waals surface area contributed by atoms with E-state index in [1.165, 1.54) is 42.5 Å². The number of hydrogen-bond acceptors (Lipinski definition) is 4. The number of aliphatic hydroxyl groups is 1. The molecule has 0 aromatic heterocycles. The fraction of sp³-hybridized carbons (Fsp3) is 0.188. The van der Waals surface area contributed by atoms with E-state index in [9.17, 15) is 22.7 Å². The van der Waals surface area contributed by atoms with Crippen LogP contribution in [0, 0.1) is 5.82 Å². The van der Waals surface area contributed by atoms with Gasteiger partial charge in [0.1, 0.15) is 5.82 Å². The summed E-state index contributed by atoms with van der Waals surface area (Å²) in [5, 5.41) is 14.4. The monoisotopic (exact) mass is 352 g/mol. The third kappa shape index (κ3) is 4.77. The number of amides is 2. The number of halogens is 1. The van der Waals surface area contributed by atoms with Crippen LogP contribution >= 0.6 is 0 Å². The Morgan fingerprint density at radius 1 is 1.21 bits per heavy atom. The molecule has 2 aromatic rings. The minimum absolute atomic E-state index is 0.0733. The summed E-state index contributed by atoms with van der Waals surface area (Å²) < 4.78 is 36.3. The van der Waals surface area contributed by atoms with Gasteiger partial charge in [-0.1, -0.05) is 18.2 Å². The summed E-state index contributed by atoms with van der Waals surface area (Å²) in [6, 6.07) is 9.86. The van der Waals surface area contributed by atoms with Gasteiger partial charge in [0.05, 0.1) is 17.5 Å². The molecule has 3 N–H and O–H groups in total. The zero-order chi connectivity index (χ0) is 17.7. The first-order valence-electron chi connectivity index (χ1n) is 7.03. The quantitative estimate of drug-likeness (QED) is 0.768. The molecule has 0 heterocycles. The highest BCUT2D eigenvalue weighted by atomic mass is 32.2. The topological polar surface area (TPSA) is 95.5 Å². The van der Waals surface area contributed by atoms with Crippen molar-refractivity contribution < 1.29 is 22.7 Å². The average Bonchev–Trinajstić information content (AvgIpc) is 2.52. The Bertz CT molecular complexity index is 839. The average molecular weight is 352 g/mol. The van der Waals surface area contributed by atoms with Crippen LogP contribution in [-0.2, 0) is 9.84 Å². The van der Waals surface area contributed by atoms with Gasteiger partial charge < -0.3 is 15.7 Å². The van der Waals surface area contributed by atoms with E-state index in [2.05, 4.69) is 10.6 Å². The van der Waals surface area contributed by atoms with Crippen LogP contribution < -0.4 is 10.6 Å². The molecule has 8 heteroatoms. The summed E-state index contributed by atoms with van der Waals surface area (Å²) in [4.78, 5) is 12.1. The van der Waals surface area contributed by atoms with Crippen molar-refractivity contribution in [3.8, 4) is 0 Å². The number of hydrogen-bond donors (Lipinski definition) is 3. The van der Waals surface area contributed by atoms with Gasteiger partial charge in [0.2, 0.25) is 0 Å². The zero-order valence-electron chi connectivity index (χ0n) is 12.9. The molecule has 0 spiro atoms. The standard InChI is InChI=1S/C16H17FN2O4S/c1-24(22,23)14-7-3-6-13(9-14)18-16(21)19-15(10-20)11-4-2-5-12(17)8-11/h2-9,15,20H,10H2,1H3,(H2,18,19,21). The molecule has 0 bridgehead atoms. The SMILES string of the molecule is CS(=O)(=O)c1cccc(NC(=O)NC(CO)c2cccc(F)c2)c1. The molecular weight excluding hydrogens is 335 g/mol. The van der Waals surface area contributed by atoms with Gasteiger partial charge in [0, 0.05) is 11.9 Å². The van der Waals surface area contributed by atoms with Crippen LogP contribution in [0.5, 0.6) is 0 Å². The number of urea groups is 1. The molecule has 1 unspecified atom stereocenters. The number of rotatable bonds is 5. The second-order valence-corrected chi connectivity index (χ2v) is 7.20. The lowest BCUT2D eigenvalue weighted by Crippen LogP contribution is -2.34. The van der Waals surface area contributed by atoms with E-state index >= 15 is 0 Å². The van der Waals surface area contributed by atoms with Crippen LogP contribution in [0.15, 0.2) is 53.4 Å². The van der Waals surface area contributed by atoms with Gasteiger partial charge in [-0.3, -0.25) is 0 Å². The third-order valence-electron chi connectivity index (χ3n) is 3.26. The number of carbonyl (C=O) groups is 1. The van der Waals surface area contributed by atoms with Crippen molar-refractivity contribution >= 4 is 21.6 Å². The van der Waals surface area contributed by atoms with Crippen molar-refractivity contribution in [2.75, 3.05) is 18.2 Å². The lowest BCUT2D eigenvalue weighted by Gasteiger charge is -2.17. The second-order valence-electron chi connectivity index (χ2n) is 5.19. The maximum absolute atomic E-state index is 13.2. The smallest absolute Gasteiger partial charge is 0.319 e. The molecule has 0 aliphatic carbocycles. The first kappa shape index (κ1) is 17.9. The van der Waals surface area contributed by atoms with Crippen LogP contribution in [0.2, 0.25) is 0 Å². The van der Waals surface area contributed by atoms with Gasteiger partial charge in [-0.05, 0) is 35.9 Å². The van der Waals surface area contributed by atoms with E-state index in [0.717, 1.165) is 6.26 Å². The van der Waals surface area contributed by atoms with E-state index in [4.69, 9.17) is 0 Å². The number of carbonyl (C=O) groups excluding carboxylic acids is 1. The summed E-state index contributed by atoms with van der Waals surface area (Å²) in [5.74, 6) is -0.478. The fourth-order valence-corrected chi connectivity index (χ4v) is 2.75. The van der Waals surface area contributed by atoms with Crippen molar-refractivity contribution in [1.29, 1.82) is 0 Å². The highest BCUT2D eigenvalue weighted by Gasteiger charge is 2.15. The Labute approximate surface area is 139 Å². The van der Waals surface area contributed by atoms with Crippen molar-refractivity contribution in [1.82, 2.24) is 5.32 Å². The summed E-state index contributed by atoms with van der Waals surface area (Å²) in [7, 11) is -3.39. The highest BCUT2D eigenvalue weighted by Crippen LogP contribution is 2.17. The Balaban J connectivity index is 2.10. The molecule has 128 valence electrons. The van der Waals surface area contributed by atoms with E-state index < -0.39 is 34.3 Å². The zero-order valence-corrected chi connectivity index (χ0v) is 13.7. The summed E-state index contributed by atoms with van der Waals surface area (Å²) in [6.45, 7) is -0.416. The molecule has 6 nitrogen and oxygen atoms in total. The largest absolute Gasteiger partial charge is 0.394 e. The van der Waals surface area contributed by atoms with Crippen LogP contribution in [-0.4, -0.2) is 32.4 Å². The third-order valence-corrected chi connectivity index (χ3v) is 4.37. The van der Waals surface area contributed by atoms with E-state index in [1.807, 2.05) is 0 Å². The van der Waals surface area contributed by atoms with Gasteiger partial charge in [0.15, 0.2) is 9.84 Å². The molecule has 2 aromatic carbocycles. The van der Waals surface area contributed by atoms with Gasteiger partial charge in [-0.2, -0.15) is 0 Å². The first-order valence-corrected chi connectivity index (χ1v) is 8.92. The van der Waals surface area contributed by atoms with Crippen molar-refractivity contribution in [3.63, 3.8) is 0 Å². The van der Waals surface area contributed by atoms with E-state index in [0.29, 0.717) is 5.56 Å². The minimum atomic E-state index is -3.39. The molecule has 1 atom stereocenters. The second kappa shape index (κ2) is 7.41. The summed E-state index contributed by atoms with van der Waals surface area (Å²) in [5.41, 5.74) is 0.698. The van der Waals surface area contributed by atoms with Gasteiger partial charge in [-0.25, -0.2) is 17.6 Å². The maximum Gasteiger partial charge on any atom is 0.319 e. The Hall–Kier alpha value is -2.45. The molecule has 0 fully saturated rings. The predicted molar refractivity (Wildman–Crippen MR) is 87.9 cm³/mol. The van der Waals surface area contributed by atoms with Gasteiger partial charge >= 0.3 is 6.03 Å². The predicted octanol–water partition coefficient (Wildman–Crippen LogP) is 2.08. The molecule has 0 aliphatic rings. The van der Waals surface area contributed by atoms with Crippen LogP contribution in [0.25, 0.3) is 0 Å². The maximum atomic E-state index is 13.2. The molecule has 2 rings (SSSR count). The molecule has 0 saturated heterocycles. The number of anilines is 1. The van der Waals surface area contributed by atoms with Gasteiger partial charge in [0.25, 0.3) is 0 Å². The fourth-order valence-electron chi connectivity index (χ4n) is 2.09. The Kier molecular flexibility index (Phi) is 5.53. The molecule has 2 amide bonds. The van der Waals surface area contributed by atoms with Crippen molar-refractivity contribution in [2.24, 2.45) is 0 Å². The Morgan fingerprint density at radius 2 is 1.92 bits per heavy atom. The Morgan fingerprint density at radius 3 is 2.54 bits per heavy atom. The van der Waals surface area contributed by atoms with Crippen LogP contribution in [0.4, 0.5) is 14.9 Å². The number of aliphatic hydroxyl groups excluding tert-OH is 1. The van der Waals surface area contributed by atoms with Crippen LogP contribution in [0.1, 0.15) is 11.6 Å². The normalized spacial score (nSPS) is 12.5. The number of sulfone groups is 1.